The average Bonchev–Trinajstić information content (AvgIpc) is 2.70. The van der Waals surface area contributed by atoms with E-state index < -0.39 is 4.92 Å². The van der Waals surface area contributed by atoms with Gasteiger partial charge < -0.3 is 9.47 Å². The number of pyridine rings is 1. The summed E-state index contributed by atoms with van der Waals surface area (Å²) in [7, 11) is 0. The molecule has 1 aromatic heterocycles. The summed E-state index contributed by atoms with van der Waals surface area (Å²) in [5.41, 5.74) is 0.372. The van der Waals surface area contributed by atoms with Gasteiger partial charge in [0.1, 0.15) is 11.8 Å². The minimum absolute atomic E-state index is 0.00774. The zero-order valence-electron chi connectivity index (χ0n) is 8.88. The van der Waals surface area contributed by atoms with Crippen molar-refractivity contribution in [2.75, 3.05) is 13.2 Å². The standard InChI is InChI=1S/C10H12N2O4/c1-7-9(12(13)14)2-3-10(11-7)16-8-4-5-15-6-8/h2-3,8H,4-6H2,1H3/t8-/m0/s1. The van der Waals surface area contributed by atoms with Crippen molar-refractivity contribution in [2.45, 2.75) is 19.4 Å². The molecule has 0 unspecified atom stereocenters. The van der Waals surface area contributed by atoms with E-state index in [1.165, 1.54) is 12.1 Å². The van der Waals surface area contributed by atoms with Crippen molar-refractivity contribution >= 4 is 5.69 Å². The number of nitrogens with zero attached hydrogens (tertiary/aromatic N) is 2. The Bertz CT molecular complexity index is 402. The van der Waals surface area contributed by atoms with Crippen molar-refractivity contribution in [1.82, 2.24) is 4.98 Å². The van der Waals surface area contributed by atoms with Crippen molar-refractivity contribution < 1.29 is 14.4 Å². The fraction of sp³-hybridized carbons (Fsp3) is 0.500. The predicted molar refractivity (Wildman–Crippen MR) is 55.5 cm³/mol. The molecule has 2 heterocycles. The minimum Gasteiger partial charge on any atom is -0.472 e. The Hall–Kier alpha value is -1.69. The third kappa shape index (κ3) is 2.27. The van der Waals surface area contributed by atoms with Gasteiger partial charge in [0.05, 0.1) is 18.1 Å². The van der Waals surface area contributed by atoms with Crippen LogP contribution in [0.1, 0.15) is 12.1 Å². The molecule has 0 aromatic carbocycles. The number of aryl methyl sites for hydroxylation is 1. The Morgan fingerprint density at radius 3 is 3.00 bits per heavy atom. The first-order chi connectivity index (χ1) is 7.66. The van der Waals surface area contributed by atoms with E-state index in [-0.39, 0.29) is 11.8 Å². The second kappa shape index (κ2) is 4.44. The Morgan fingerprint density at radius 1 is 1.62 bits per heavy atom. The molecule has 0 bridgehead atoms. The van der Waals surface area contributed by atoms with Gasteiger partial charge in [-0.15, -0.1) is 0 Å². The lowest BCUT2D eigenvalue weighted by atomic mass is 10.3. The number of ether oxygens (including phenoxy) is 2. The van der Waals surface area contributed by atoms with Gasteiger partial charge in [-0.25, -0.2) is 4.98 Å². The first kappa shape index (κ1) is 10.8. The van der Waals surface area contributed by atoms with Crippen LogP contribution in [-0.4, -0.2) is 29.2 Å². The minimum atomic E-state index is -0.454. The van der Waals surface area contributed by atoms with Gasteiger partial charge >= 0.3 is 0 Å². The Balaban J connectivity index is 2.11. The van der Waals surface area contributed by atoms with Crippen LogP contribution in [0, 0.1) is 17.0 Å². The van der Waals surface area contributed by atoms with Crippen molar-refractivity contribution in [3.8, 4) is 5.88 Å². The van der Waals surface area contributed by atoms with Crippen LogP contribution >= 0.6 is 0 Å². The van der Waals surface area contributed by atoms with Gasteiger partial charge in [-0.3, -0.25) is 10.1 Å². The largest absolute Gasteiger partial charge is 0.472 e. The van der Waals surface area contributed by atoms with Crippen LogP contribution in [0.5, 0.6) is 5.88 Å². The van der Waals surface area contributed by atoms with E-state index in [0.29, 0.717) is 24.8 Å². The number of hydrogen-bond acceptors (Lipinski definition) is 5. The van der Waals surface area contributed by atoms with Gasteiger partial charge in [0.15, 0.2) is 0 Å². The molecule has 2 rings (SSSR count). The number of rotatable bonds is 3. The highest BCUT2D eigenvalue weighted by Crippen LogP contribution is 2.21. The monoisotopic (exact) mass is 224 g/mol. The molecule has 0 spiro atoms. The summed E-state index contributed by atoms with van der Waals surface area (Å²) >= 11 is 0. The van der Waals surface area contributed by atoms with E-state index in [0.717, 1.165) is 6.42 Å². The van der Waals surface area contributed by atoms with Crippen LogP contribution in [0.25, 0.3) is 0 Å². The van der Waals surface area contributed by atoms with Gasteiger partial charge in [0.25, 0.3) is 5.69 Å². The van der Waals surface area contributed by atoms with Crippen LogP contribution in [0.3, 0.4) is 0 Å². The molecule has 0 radical (unpaired) electrons. The van der Waals surface area contributed by atoms with Crippen molar-refractivity contribution in [3.05, 3.63) is 27.9 Å². The molecular weight excluding hydrogens is 212 g/mol. The van der Waals surface area contributed by atoms with Crippen molar-refractivity contribution in [1.29, 1.82) is 0 Å². The first-order valence-corrected chi connectivity index (χ1v) is 5.03. The van der Waals surface area contributed by atoms with Gasteiger partial charge in [0, 0.05) is 18.6 Å². The second-order valence-electron chi connectivity index (χ2n) is 3.61. The quantitative estimate of drug-likeness (QED) is 0.574. The van der Waals surface area contributed by atoms with Crippen LogP contribution in [0.15, 0.2) is 12.1 Å². The fourth-order valence-corrected chi connectivity index (χ4v) is 1.57. The highest BCUT2D eigenvalue weighted by Gasteiger charge is 2.19. The molecule has 0 amide bonds. The summed E-state index contributed by atoms with van der Waals surface area (Å²) in [5.74, 6) is 0.415. The smallest absolute Gasteiger partial charge is 0.290 e. The summed E-state index contributed by atoms with van der Waals surface area (Å²) in [4.78, 5) is 14.2. The number of aromatic nitrogens is 1. The maximum atomic E-state index is 10.6. The van der Waals surface area contributed by atoms with Gasteiger partial charge in [-0.1, -0.05) is 0 Å². The SMILES string of the molecule is Cc1nc(O[C@H]2CCOC2)ccc1[N+](=O)[O-]. The molecule has 1 aromatic rings. The Morgan fingerprint density at radius 2 is 2.44 bits per heavy atom. The van der Waals surface area contributed by atoms with E-state index >= 15 is 0 Å². The highest BCUT2D eigenvalue weighted by molar-refractivity contribution is 5.36. The van der Waals surface area contributed by atoms with Crippen LogP contribution < -0.4 is 4.74 Å². The summed E-state index contributed by atoms with van der Waals surface area (Å²) in [5, 5.41) is 10.6. The van der Waals surface area contributed by atoms with Gasteiger partial charge in [-0.05, 0) is 6.92 Å². The molecule has 1 atom stereocenters. The summed E-state index contributed by atoms with van der Waals surface area (Å²) in [6.07, 6.45) is 0.839. The second-order valence-corrected chi connectivity index (χ2v) is 3.61. The predicted octanol–water partition coefficient (Wildman–Crippen LogP) is 1.47. The lowest BCUT2D eigenvalue weighted by Gasteiger charge is -2.10. The highest BCUT2D eigenvalue weighted by atomic mass is 16.6. The molecule has 86 valence electrons. The van der Waals surface area contributed by atoms with Gasteiger partial charge in [0.2, 0.25) is 5.88 Å². The van der Waals surface area contributed by atoms with E-state index in [1.807, 2.05) is 0 Å². The zero-order valence-corrected chi connectivity index (χ0v) is 8.88. The summed E-state index contributed by atoms with van der Waals surface area (Å²) in [6, 6.07) is 2.93. The molecular formula is C10H12N2O4. The molecule has 0 aliphatic carbocycles. The van der Waals surface area contributed by atoms with Crippen LogP contribution in [-0.2, 0) is 4.74 Å². The number of nitro groups is 1. The maximum Gasteiger partial charge on any atom is 0.290 e. The molecule has 1 aliphatic rings. The summed E-state index contributed by atoms with van der Waals surface area (Å²) < 4.78 is 10.7. The molecule has 1 aliphatic heterocycles. The molecule has 6 nitrogen and oxygen atoms in total. The zero-order chi connectivity index (χ0) is 11.5. The maximum absolute atomic E-state index is 10.6. The van der Waals surface area contributed by atoms with E-state index in [2.05, 4.69) is 4.98 Å². The lowest BCUT2D eigenvalue weighted by Crippen LogP contribution is -2.16. The first-order valence-electron chi connectivity index (χ1n) is 5.03. The van der Waals surface area contributed by atoms with Gasteiger partial charge in [-0.2, -0.15) is 0 Å². The molecule has 0 saturated carbocycles. The summed E-state index contributed by atoms with van der Waals surface area (Å²) in [6.45, 7) is 2.84. The molecule has 1 fully saturated rings. The van der Waals surface area contributed by atoms with E-state index in [9.17, 15) is 10.1 Å². The van der Waals surface area contributed by atoms with Crippen molar-refractivity contribution in [3.63, 3.8) is 0 Å². The average molecular weight is 224 g/mol. The third-order valence-corrected chi connectivity index (χ3v) is 2.40. The molecule has 0 N–H and O–H groups in total. The van der Waals surface area contributed by atoms with Crippen molar-refractivity contribution in [2.24, 2.45) is 0 Å². The Labute approximate surface area is 92.3 Å². The fourth-order valence-electron chi connectivity index (χ4n) is 1.57. The molecule has 6 heteroatoms. The third-order valence-electron chi connectivity index (χ3n) is 2.40. The number of hydrogen-bond donors (Lipinski definition) is 0. The molecule has 1 saturated heterocycles. The topological polar surface area (TPSA) is 74.5 Å². The Kier molecular flexibility index (Phi) is 3.00. The van der Waals surface area contributed by atoms with Crippen LogP contribution in [0.2, 0.25) is 0 Å². The van der Waals surface area contributed by atoms with Crippen LogP contribution in [0.4, 0.5) is 5.69 Å². The van der Waals surface area contributed by atoms with E-state index in [1.54, 1.807) is 6.92 Å². The lowest BCUT2D eigenvalue weighted by molar-refractivity contribution is -0.385. The molecule has 16 heavy (non-hydrogen) atoms. The van der Waals surface area contributed by atoms with E-state index in [4.69, 9.17) is 9.47 Å². The normalized spacial score (nSPS) is 19.7.